The molecule has 0 amide bonds. The van der Waals surface area contributed by atoms with Crippen LogP contribution in [0, 0.1) is 19.8 Å². The molecule has 1 fully saturated rings. The lowest BCUT2D eigenvalue weighted by Gasteiger charge is -2.37. The van der Waals surface area contributed by atoms with Gasteiger partial charge in [-0.05, 0) is 38.0 Å². The number of aryl methyl sites for hydroxylation is 2. The molecule has 28 heavy (non-hydrogen) atoms. The van der Waals surface area contributed by atoms with Gasteiger partial charge >= 0.3 is 0 Å². The second-order valence-electron chi connectivity index (χ2n) is 7.30. The standard InChI is InChI=1S/C20H31N7.HI/c1-16(15-27-18(3)13-17(2)24-27)14-23-20(21-4)26-11-9-25(10-12-26)19-7-5-6-8-22-19;/h5-8,13,16H,9-12,14-15H2,1-4H3,(H,21,23);1H. The lowest BCUT2D eigenvalue weighted by molar-refractivity contribution is 0.362. The minimum atomic E-state index is 0. The molecule has 2 aromatic heterocycles. The first kappa shape index (κ1) is 22.4. The van der Waals surface area contributed by atoms with Gasteiger partial charge in [-0.25, -0.2) is 4.98 Å². The Bertz CT molecular complexity index is 751. The van der Waals surface area contributed by atoms with Crippen molar-refractivity contribution in [1.29, 1.82) is 0 Å². The van der Waals surface area contributed by atoms with E-state index >= 15 is 0 Å². The zero-order chi connectivity index (χ0) is 19.2. The predicted octanol–water partition coefficient (Wildman–Crippen LogP) is 2.55. The molecule has 0 radical (unpaired) electrons. The van der Waals surface area contributed by atoms with Crippen molar-refractivity contribution in [3.8, 4) is 0 Å². The Morgan fingerprint density at radius 2 is 1.96 bits per heavy atom. The van der Waals surface area contributed by atoms with Crippen molar-refractivity contribution < 1.29 is 0 Å². The van der Waals surface area contributed by atoms with Gasteiger partial charge in [-0.2, -0.15) is 5.10 Å². The molecule has 3 rings (SSSR count). The first-order chi connectivity index (χ1) is 13.1. The van der Waals surface area contributed by atoms with E-state index in [1.54, 1.807) is 0 Å². The van der Waals surface area contributed by atoms with Crippen LogP contribution < -0.4 is 10.2 Å². The second kappa shape index (κ2) is 10.6. The Balaban J connectivity index is 0.00000280. The molecule has 0 aromatic carbocycles. The quantitative estimate of drug-likeness (QED) is 0.391. The zero-order valence-electron chi connectivity index (χ0n) is 17.3. The van der Waals surface area contributed by atoms with Crippen LogP contribution in [0.1, 0.15) is 18.3 Å². The molecule has 1 unspecified atom stereocenters. The van der Waals surface area contributed by atoms with E-state index < -0.39 is 0 Å². The van der Waals surface area contributed by atoms with Gasteiger partial charge in [-0.15, -0.1) is 24.0 Å². The molecule has 154 valence electrons. The molecule has 1 atom stereocenters. The van der Waals surface area contributed by atoms with Crippen LogP contribution in [0.2, 0.25) is 0 Å². The molecule has 0 saturated carbocycles. The van der Waals surface area contributed by atoms with Crippen molar-refractivity contribution in [3.05, 3.63) is 41.9 Å². The number of piperazine rings is 1. The number of nitrogens with zero attached hydrogens (tertiary/aromatic N) is 6. The normalized spacial score (nSPS) is 15.9. The highest BCUT2D eigenvalue weighted by molar-refractivity contribution is 14.0. The van der Waals surface area contributed by atoms with Crippen LogP contribution in [-0.2, 0) is 6.54 Å². The Kier molecular flexibility index (Phi) is 8.53. The zero-order valence-corrected chi connectivity index (χ0v) is 19.6. The first-order valence-corrected chi connectivity index (χ1v) is 9.69. The van der Waals surface area contributed by atoms with Crippen molar-refractivity contribution in [2.75, 3.05) is 44.7 Å². The fourth-order valence-electron chi connectivity index (χ4n) is 3.51. The summed E-state index contributed by atoms with van der Waals surface area (Å²) < 4.78 is 2.09. The van der Waals surface area contributed by atoms with Gasteiger partial charge in [0, 0.05) is 58.2 Å². The Hall–Kier alpha value is -1.84. The number of nitrogens with one attached hydrogen (secondary N) is 1. The maximum atomic E-state index is 4.56. The highest BCUT2D eigenvalue weighted by Gasteiger charge is 2.20. The lowest BCUT2D eigenvalue weighted by Crippen LogP contribution is -2.53. The topological polar surface area (TPSA) is 61.6 Å². The fraction of sp³-hybridized carbons (Fsp3) is 0.550. The molecule has 0 aliphatic carbocycles. The van der Waals surface area contributed by atoms with Crippen LogP contribution in [0.25, 0.3) is 0 Å². The van der Waals surface area contributed by atoms with Crippen molar-refractivity contribution in [2.24, 2.45) is 10.9 Å². The van der Waals surface area contributed by atoms with Crippen molar-refractivity contribution in [1.82, 2.24) is 25.0 Å². The first-order valence-electron chi connectivity index (χ1n) is 9.69. The van der Waals surface area contributed by atoms with Crippen LogP contribution in [0.3, 0.4) is 0 Å². The largest absolute Gasteiger partial charge is 0.356 e. The maximum Gasteiger partial charge on any atom is 0.193 e. The SMILES string of the molecule is CN=C(NCC(C)Cn1nc(C)cc1C)N1CCN(c2ccccn2)CC1.I. The Labute approximate surface area is 185 Å². The summed E-state index contributed by atoms with van der Waals surface area (Å²) in [7, 11) is 1.86. The van der Waals surface area contributed by atoms with Crippen molar-refractivity contribution >= 4 is 35.8 Å². The number of rotatable bonds is 5. The van der Waals surface area contributed by atoms with Gasteiger partial charge in [0.15, 0.2) is 5.96 Å². The maximum absolute atomic E-state index is 4.56. The van der Waals surface area contributed by atoms with Gasteiger partial charge in [0.25, 0.3) is 0 Å². The number of halogens is 1. The van der Waals surface area contributed by atoms with Gasteiger partial charge in [-0.3, -0.25) is 9.67 Å². The van der Waals surface area contributed by atoms with Crippen molar-refractivity contribution in [3.63, 3.8) is 0 Å². The number of hydrogen-bond donors (Lipinski definition) is 1. The molecule has 0 spiro atoms. The predicted molar refractivity (Wildman–Crippen MR) is 126 cm³/mol. The molecule has 1 saturated heterocycles. The Morgan fingerprint density at radius 1 is 1.21 bits per heavy atom. The third-order valence-electron chi connectivity index (χ3n) is 4.96. The van der Waals surface area contributed by atoms with E-state index in [9.17, 15) is 0 Å². The second-order valence-corrected chi connectivity index (χ2v) is 7.30. The monoisotopic (exact) mass is 497 g/mol. The van der Waals surface area contributed by atoms with Crippen LogP contribution >= 0.6 is 24.0 Å². The van der Waals surface area contributed by atoms with Gasteiger partial charge in [0.1, 0.15) is 5.82 Å². The van der Waals surface area contributed by atoms with Gasteiger partial charge in [0.2, 0.25) is 0 Å². The molecule has 3 heterocycles. The molecule has 1 N–H and O–H groups in total. The van der Waals surface area contributed by atoms with Crippen LogP contribution in [-0.4, -0.2) is 65.4 Å². The average molecular weight is 497 g/mol. The molecule has 8 heteroatoms. The van der Waals surface area contributed by atoms with Gasteiger partial charge in [0.05, 0.1) is 5.69 Å². The minimum absolute atomic E-state index is 0. The summed E-state index contributed by atoms with van der Waals surface area (Å²) in [5.41, 5.74) is 2.30. The van der Waals surface area contributed by atoms with Crippen molar-refractivity contribution in [2.45, 2.75) is 27.3 Å². The molecule has 2 aromatic rings. The summed E-state index contributed by atoms with van der Waals surface area (Å²) in [5, 5.41) is 8.10. The van der Waals surface area contributed by atoms with E-state index in [0.717, 1.165) is 56.7 Å². The average Bonchev–Trinajstić information content (AvgIpc) is 3.00. The number of aromatic nitrogens is 3. The Morgan fingerprint density at radius 3 is 2.54 bits per heavy atom. The van der Waals surface area contributed by atoms with Crippen LogP contribution in [0.5, 0.6) is 0 Å². The van der Waals surface area contributed by atoms with E-state index in [-0.39, 0.29) is 24.0 Å². The number of anilines is 1. The minimum Gasteiger partial charge on any atom is -0.356 e. The highest BCUT2D eigenvalue weighted by atomic mass is 127. The highest BCUT2D eigenvalue weighted by Crippen LogP contribution is 2.12. The third-order valence-corrected chi connectivity index (χ3v) is 4.96. The summed E-state index contributed by atoms with van der Waals surface area (Å²) in [6, 6.07) is 8.20. The van der Waals surface area contributed by atoms with Gasteiger partial charge < -0.3 is 15.1 Å². The van der Waals surface area contributed by atoms with Crippen LogP contribution in [0.4, 0.5) is 5.82 Å². The van der Waals surface area contributed by atoms with E-state index in [2.05, 4.69) is 60.9 Å². The molecule has 1 aliphatic heterocycles. The number of aliphatic imine (C=N–C) groups is 1. The molecule has 1 aliphatic rings. The summed E-state index contributed by atoms with van der Waals surface area (Å²) in [5.74, 6) is 2.50. The lowest BCUT2D eigenvalue weighted by atomic mass is 10.2. The van der Waals surface area contributed by atoms with E-state index in [0.29, 0.717) is 5.92 Å². The van der Waals surface area contributed by atoms with Crippen LogP contribution in [0.15, 0.2) is 35.5 Å². The summed E-state index contributed by atoms with van der Waals surface area (Å²) in [6.07, 6.45) is 1.85. The van der Waals surface area contributed by atoms with E-state index in [1.165, 1.54) is 5.69 Å². The molecule has 7 nitrogen and oxygen atoms in total. The number of hydrogen-bond acceptors (Lipinski definition) is 4. The van der Waals surface area contributed by atoms with E-state index in [4.69, 9.17) is 0 Å². The molecular weight excluding hydrogens is 465 g/mol. The number of guanidine groups is 1. The number of pyridine rings is 1. The summed E-state index contributed by atoms with van der Waals surface area (Å²) >= 11 is 0. The summed E-state index contributed by atoms with van der Waals surface area (Å²) in [6.45, 7) is 12.0. The molecular formula is C20H32IN7. The third kappa shape index (κ3) is 5.83. The molecule has 0 bridgehead atoms. The fourth-order valence-corrected chi connectivity index (χ4v) is 3.51. The van der Waals surface area contributed by atoms with Gasteiger partial charge in [-0.1, -0.05) is 13.0 Å². The smallest absolute Gasteiger partial charge is 0.193 e. The van der Waals surface area contributed by atoms with E-state index in [1.807, 2.05) is 32.3 Å². The summed E-state index contributed by atoms with van der Waals surface area (Å²) in [4.78, 5) is 13.6.